The van der Waals surface area contributed by atoms with Gasteiger partial charge in [-0.15, -0.1) is 0 Å². The molecule has 4 saturated heterocycles. The number of aliphatic hydroxyl groups excluding tert-OH is 1. The molecule has 5 aliphatic rings. The van der Waals surface area contributed by atoms with Gasteiger partial charge in [0.05, 0.1) is 80.3 Å². The van der Waals surface area contributed by atoms with Crippen molar-refractivity contribution in [3.63, 3.8) is 0 Å². The molecule has 11 rings (SSSR count). The van der Waals surface area contributed by atoms with Crippen LogP contribution >= 0.6 is 0 Å². The van der Waals surface area contributed by atoms with Gasteiger partial charge >= 0.3 is 6.18 Å². The smallest absolute Gasteiger partial charge is 0.389 e. The number of ether oxygens (including phenoxy) is 3. The summed E-state index contributed by atoms with van der Waals surface area (Å²) in [5.74, 6) is 2.83. The first-order valence-corrected chi connectivity index (χ1v) is 24.1. The largest absolute Gasteiger partial charge is 0.416 e. The van der Waals surface area contributed by atoms with E-state index in [-0.39, 0.29) is 35.6 Å². The fourth-order valence-corrected chi connectivity index (χ4v) is 9.13. The molecular weight excluding hydrogens is 936 g/mol. The van der Waals surface area contributed by atoms with Gasteiger partial charge in [-0.3, -0.25) is 19.6 Å². The number of aliphatic hydroxyl groups is 1. The quantitative estimate of drug-likeness (QED) is 0.106. The highest BCUT2D eigenvalue weighted by Crippen LogP contribution is 2.41. The highest BCUT2D eigenvalue weighted by molar-refractivity contribution is 6.05. The number of halogens is 3. The van der Waals surface area contributed by atoms with Crippen LogP contribution in [-0.4, -0.2) is 133 Å². The monoisotopic (exact) mass is 987 g/mol. The van der Waals surface area contributed by atoms with E-state index in [0.29, 0.717) is 113 Å². The standard InChI is InChI=1S/C51H52F3N11O7/c1-30-40(20-36(23-55-30)58-50(68)42-22-44(72-61-42)31-5-6-31)33-16-45(62-7-11-69-12-8-62)60-48(17-33)65-27-39(28-65)71-29-43-41(21-37(24-56-43)57-49(67)32-3-2-4-35(15-32)51(52,53)54)34-18-46(63-9-13-70-14-10-63)59-47(19-34)64-25-38(66)26-64/h2-4,15-24,31,38-39,66H,5-14,25-29H2,1H3,(H,57,67)(H,58,68). The van der Waals surface area contributed by atoms with E-state index in [1.807, 2.05) is 42.2 Å². The zero-order valence-corrected chi connectivity index (χ0v) is 39.4. The van der Waals surface area contributed by atoms with Crippen molar-refractivity contribution in [2.24, 2.45) is 0 Å². The van der Waals surface area contributed by atoms with Gasteiger partial charge in [0.2, 0.25) is 0 Å². The highest BCUT2D eigenvalue weighted by atomic mass is 19.4. The number of benzene rings is 1. The summed E-state index contributed by atoms with van der Waals surface area (Å²) in [7, 11) is 0. The number of rotatable bonds is 14. The number of nitrogens with one attached hydrogen (secondary N) is 2. The Morgan fingerprint density at radius 3 is 1.90 bits per heavy atom. The molecule has 1 aromatic carbocycles. The second-order valence-electron chi connectivity index (χ2n) is 18.7. The lowest BCUT2D eigenvalue weighted by Crippen LogP contribution is -2.52. The van der Waals surface area contributed by atoms with Crippen LogP contribution in [0.4, 0.5) is 47.8 Å². The Bertz CT molecular complexity index is 2980. The average Bonchev–Trinajstić information content (AvgIpc) is 4.10. The molecule has 3 N–H and O–H groups in total. The molecule has 2 amide bonds. The summed E-state index contributed by atoms with van der Waals surface area (Å²) in [6.07, 6.45) is -0.160. The zero-order chi connectivity index (χ0) is 49.5. The summed E-state index contributed by atoms with van der Waals surface area (Å²) in [5, 5.41) is 19.9. The van der Waals surface area contributed by atoms with Gasteiger partial charge in [-0.2, -0.15) is 13.2 Å². The van der Waals surface area contributed by atoms with Gasteiger partial charge in [0.15, 0.2) is 5.69 Å². The molecule has 4 aliphatic heterocycles. The molecule has 0 bridgehead atoms. The third kappa shape index (κ3) is 10.4. The molecule has 6 aromatic rings. The van der Waals surface area contributed by atoms with E-state index in [1.165, 1.54) is 18.3 Å². The van der Waals surface area contributed by atoms with Crippen molar-refractivity contribution in [2.45, 2.75) is 50.7 Å². The topological polar surface area (TPSA) is 197 Å². The Morgan fingerprint density at radius 2 is 1.29 bits per heavy atom. The molecule has 0 atom stereocenters. The zero-order valence-electron chi connectivity index (χ0n) is 39.4. The molecule has 21 heteroatoms. The first kappa shape index (κ1) is 47.1. The molecule has 0 radical (unpaired) electrons. The summed E-state index contributed by atoms with van der Waals surface area (Å²) in [6, 6.07) is 17.5. The van der Waals surface area contributed by atoms with E-state index in [9.17, 15) is 27.9 Å². The summed E-state index contributed by atoms with van der Waals surface area (Å²) in [6.45, 7) is 8.68. The maximum absolute atomic E-state index is 13.6. The van der Waals surface area contributed by atoms with Crippen molar-refractivity contribution in [1.82, 2.24) is 25.1 Å². The number of anilines is 6. The number of aryl methyl sites for hydroxylation is 1. The minimum atomic E-state index is -4.62. The molecule has 18 nitrogen and oxygen atoms in total. The number of aromatic nitrogens is 5. The third-order valence-electron chi connectivity index (χ3n) is 13.5. The lowest BCUT2D eigenvalue weighted by molar-refractivity contribution is -0.137. The number of alkyl halides is 3. The Morgan fingerprint density at radius 1 is 0.722 bits per heavy atom. The van der Waals surface area contributed by atoms with E-state index in [1.54, 1.807) is 18.3 Å². The van der Waals surface area contributed by atoms with Crippen molar-refractivity contribution < 1.29 is 46.6 Å². The molecule has 374 valence electrons. The van der Waals surface area contributed by atoms with Crippen molar-refractivity contribution in [3.05, 3.63) is 113 Å². The minimum absolute atomic E-state index is 0.0920. The van der Waals surface area contributed by atoms with E-state index < -0.39 is 23.8 Å². The molecule has 0 spiro atoms. The number of nitrogens with zero attached hydrogens (tertiary/aromatic N) is 9. The van der Waals surface area contributed by atoms with Crippen LogP contribution in [0.5, 0.6) is 0 Å². The molecular formula is C51H52F3N11O7. The lowest BCUT2D eigenvalue weighted by atomic mass is 10.0. The van der Waals surface area contributed by atoms with Gasteiger partial charge in [-0.05, 0) is 85.5 Å². The van der Waals surface area contributed by atoms with E-state index in [4.69, 9.17) is 33.7 Å². The fourth-order valence-electron chi connectivity index (χ4n) is 9.13. The van der Waals surface area contributed by atoms with Gasteiger partial charge in [0.1, 0.15) is 29.0 Å². The Kier molecular flexibility index (Phi) is 12.9. The van der Waals surface area contributed by atoms with Crippen molar-refractivity contribution >= 4 is 46.5 Å². The average molecular weight is 988 g/mol. The molecule has 0 unspecified atom stereocenters. The number of hydrogen-bond acceptors (Lipinski definition) is 16. The van der Waals surface area contributed by atoms with Gasteiger partial charge in [0.25, 0.3) is 11.8 Å². The Hall–Kier alpha value is -7.20. The van der Waals surface area contributed by atoms with Crippen LogP contribution in [-0.2, 0) is 27.0 Å². The van der Waals surface area contributed by atoms with E-state index in [2.05, 4.69) is 35.5 Å². The van der Waals surface area contributed by atoms with Crippen LogP contribution in [0.1, 0.15) is 62.3 Å². The predicted octanol–water partition coefficient (Wildman–Crippen LogP) is 6.56. The van der Waals surface area contributed by atoms with Crippen LogP contribution in [0.2, 0.25) is 0 Å². The molecule has 5 fully saturated rings. The van der Waals surface area contributed by atoms with Crippen LogP contribution < -0.4 is 30.2 Å². The third-order valence-corrected chi connectivity index (χ3v) is 13.5. The fraction of sp³-hybridized carbons (Fsp3) is 0.392. The van der Waals surface area contributed by atoms with Crippen molar-refractivity contribution in [1.29, 1.82) is 0 Å². The first-order chi connectivity index (χ1) is 34.9. The maximum Gasteiger partial charge on any atom is 0.416 e. The Labute approximate surface area is 412 Å². The Balaban J connectivity index is 0.848. The van der Waals surface area contributed by atoms with Gasteiger partial charge in [0, 0.05) is 86.7 Å². The molecule has 72 heavy (non-hydrogen) atoms. The molecule has 1 saturated carbocycles. The summed E-state index contributed by atoms with van der Waals surface area (Å²) in [4.78, 5) is 54.6. The highest BCUT2D eigenvalue weighted by Gasteiger charge is 2.34. The van der Waals surface area contributed by atoms with Crippen LogP contribution in [0, 0.1) is 6.92 Å². The van der Waals surface area contributed by atoms with Crippen LogP contribution in [0.25, 0.3) is 22.3 Å². The number of carbonyl (C=O) groups is 2. The normalized spacial score (nSPS) is 17.7. The molecule has 5 aromatic heterocycles. The second-order valence-corrected chi connectivity index (χ2v) is 18.7. The lowest BCUT2D eigenvalue weighted by Gasteiger charge is -2.40. The number of hydrogen-bond donors (Lipinski definition) is 3. The number of morpholine rings is 2. The van der Waals surface area contributed by atoms with E-state index in [0.717, 1.165) is 64.8 Å². The van der Waals surface area contributed by atoms with Crippen LogP contribution in [0.15, 0.2) is 83.6 Å². The van der Waals surface area contributed by atoms with E-state index >= 15 is 0 Å². The number of β-amino-alcohol motifs (C(OH)–C–C–N with tert-alkyl or cyclic N) is 1. The number of carbonyl (C=O) groups excluding carboxylic acids is 2. The van der Waals surface area contributed by atoms with Gasteiger partial charge in [-0.1, -0.05) is 11.2 Å². The second kappa shape index (κ2) is 19.8. The summed E-state index contributed by atoms with van der Waals surface area (Å²) >= 11 is 0. The van der Waals surface area contributed by atoms with Gasteiger partial charge in [-0.25, -0.2) is 9.97 Å². The van der Waals surface area contributed by atoms with Crippen LogP contribution in [0.3, 0.4) is 0 Å². The molecule has 9 heterocycles. The maximum atomic E-state index is 13.6. The van der Waals surface area contributed by atoms with Gasteiger partial charge < -0.3 is 54.1 Å². The van der Waals surface area contributed by atoms with Crippen molar-refractivity contribution in [3.8, 4) is 22.3 Å². The number of pyridine rings is 4. The minimum Gasteiger partial charge on any atom is -0.389 e. The predicted molar refractivity (Wildman–Crippen MR) is 261 cm³/mol. The first-order valence-electron chi connectivity index (χ1n) is 24.1. The molecule has 1 aliphatic carbocycles. The van der Waals surface area contributed by atoms with Crippen molar-refractivity contribution in [2.75, 3.05) is 109 Å². The SMILES string of the molecule is Cc1ncc(NC(=O)c2cc(C3CC3)on2)cc1-c1cc(N2CCOCC2)nc(N2CC(OCc3ncc(NC(=O)c4cccc(C(F)(F)F)c4)cc3-c3cc(N4CCOCC4)nc(N4CC(O)C4)c3)C2)c1. The summed E-state index contributed by atoms with van der Waals surface area (Å²) in [5.41, 5.74) is 4.31. The number of amides is 2. The summed E-state index contributed by atoms with van der Waals surface area (Å²) < 4.78 is 64.0.